The van der Waals surface area contributed by atoms with Crippen molar-refractivity contribution in [3.8, 4) is 17.1 Å². The summed E-state index contributed by atoms with van der Waals surface area (Å²) >= 11 is 0. The number of rotatable bonds is 7. The molecule has 4 aromatic rings. The zero-order valence-corrected chi connectivity index (χ0v) is 21.5. The number of hydrogen-bond acceptors (Lipinski definition) is 5. The fourth-order valence-corrected chi connectivity index (χ4v) is 4.51. The number of allylic oxidation sites excluding steroid dienone is 1. The van der Waals surface area contributed by atoms with E-state index in [0.717, 1.165) is 40.1 Å². The van der Waals surface area contributed by atoms with E-state index in [4.69, 9.17) is 14.2 Å². The van der Waals surface area contributed by atoms with Crippen molar-refractivity contribution in [1.82, 2.24) is 20.4 Å². The van der Waals surface area contributed by atoms with E-state index in [1.54, 1.807) is 12.0 Å². The normalized spacial score (nSPS) is 15.6. The average molecular weight is 495 g/mol. The molecule has 1 aromatic heterocycles. The number of benzene rings is 3. The van der Waals surface area contributed by atoms with E-state index in [0.29, 0.717) is 18.3 Å². The number of carbonyl (C=O) groups excluding carboxylic acids is 1. The van der Waals surface area contributed by atoms with Crippen LogP contribution in [0.15, 0.2) is 83.0 Å². The smallest absolute Gasteiger partial charge is 0.322 e. The molecule has 0 spiro atoms. The van der Waals surface area contributed by atoms with Gasteiger partial charge in [-0.15, -0.1) is 0 Å². The van der Waals surface area contributed by atoms with Crippen molar-refractivity contribution >= 4 is 11.6 Å². The van der Waals surface area contributed by atoms with Gasteiger partial charge in [-0.05, 0) is 61.2 Å². The highest BCUT2D eigenvalue weighted by molar-refractivity contribution is 5.86. The molecule has 7 nitrogen and oxygen atoms in total. The van der Waals surface area contributed by atoms with Gasteiger partial charge >= 0.3 is 6.03 Å². The van der Waals surface area contributed by atoms with E-state index in [-0.39, 0.29) is 6.03 Å². The Bertz CT molecular complexity index is 1420. The molecule has 0 fully saturated rings. The number of aromatic nitrogens is 2. The van der Waals surface area contributed by atoms with E-state index < -0.39 is 6.04 Å². The Kier molecular flexibility index (Phi) is 6.77. The lowest BCUT2D eigenvalue weighted by molar-refractivity contribution is 0.203. The molecule has 0 aliphatic carbocycles. The van der Waals surface area contributed by atoms with Crippen LogP contribution >= 0.6 is 0 Å². The number of carbonyl (C=O) groups is 1. The van der Waals surface area contributed by atoms with E-state index in [9.17, 15) is 4.79 Å². The van der Waals surface area contributed by atoms with Crippen molar-refractivity contribution in [1.29, 1.82) is 0 Å². The minimum atomic E-state index is -0.420. The van der Waals surface area contributed by atoms with Crippen LogP contribution in [0.3, 0.4) is 0 Å². The number of hydrogen-bond donors (Lipinski definition) is 1. The summed E-state index contributed by atoms with van der Waals surface area (Å²) in [4.78, 5) is 19.8. The van der Waals surface area contributed by atoms with Gasteiger partial charge < -0.3 is 14.6 Å². The Morgan fingerprint density at radius 2 is 1.62 bits per heavy atom. The van der Waals surface area contributed by atoms with Gasteiger partial charge in [0.1, 0.15) is 5.75 Å². The molecule has 1 aliphatic rings. The Morgan fingerprint density at radius 1 is 0.946 bits per heavy atom. The van der Waals surface area contributed by atoms with Crippen LogP contribution in [0.5, 0.6) is 5.75 Å². The first-order valence-corrected chi connectivity index (χ1v) is 12.4. The summed E-state index contributed by atoms with van der Waals surface area (Å²) in [5.41, 5.74) is 6.77. The van der Waals surface area contributed by atoms with Crippen molar-refractivity contribution in [3.63, 3.8) is 0 Å². The first kappa shape index (κ1) is 24.3. The zero-order chi connectivity index (χ0) is 25.9. The second kappa shape index (κ2) is 10.3. The summed E-state index contributed by atoms with van der Waals surface area (Å²) < 4.78 is 11.1. The van der Waals surface area contributed by atoms with E-state index in [2.05, 4.69) is 29.5 Å². The molecular weight excluding hydrogens is 464 g/mol. The first-order chi connectivity index (χ1) is 18.0. The zero-order valence-electron chi connectivity index (χ0n) is 21.5. The molecule has 37 heavy (non-hydrogen) atoms. The minimum Gasteiger partial charge on any atom is -0.497 e. The second-order valence-electron chi connectivity index (χ2n) is 9.20. The molecule has 0 radical (unpaired) electrons. The Balaban J connectivity index is 1.56. The third kappa shape index (κ3) is 4.98. The highest BCUT2D eigenvalue weighted by atomic mass is 16.5. The summed E-state index contributed by atoms with van der Waals surface area (Å²) in [6.07, 6.45) is 0.943. The molecule has 2 amide bonds. The predicted molar refractivity (Wildman–Crippen MR) is 143 cm³/mol. The lowest BCUT2D eigenvalue weighted by atomic mass is 9.93. The number of aryl methyl sites for hydroxylation is 2. The molecule has 3 aromatic carbocycles. The van der Waals surface area contributed by atoms with Gasteiger partial charge in [0.15, 0.2) is 0 Å². The van der Waals surface area contributed by atoms with Crippen LogP contribution < -0.4 is 10.1 Å². The largest absolute Gasteiger partial charge is 0.497 e. The summed E-state index contributed by atoms with van der Waals surface area (Å²) in [5.74, 6) is 1.60. The lowest BCUT2D eigenvalue weighted by Gasteiger charge is -2.35. The third-order valence-corrected chi connectivity index (χ3v) is 6.78. The van der Waals surface area contributed by atoms with Gasteiger partial charge in [0, 0.05) is 11.3 Å². The number of ether oxygens (including phenoxy) is 1. The molecule has 7 heteroatoms. The van der Waals surface area contributed by atoms with Gasteiger partial charge in [-0.3, -0.25) is 4.90 Å². The Hall–Kier alpha value is -4.39. The lowest BCUT2D eigenvalue weighted by Crippen LogP contribution is -2.45. The van der Waals surface area contributed by atoms with Crippen LogP contribution in [0.4, 0.5) is 4.79 Å². The molecule has 1 unspecified atom stereocenters. The molecule has 0 saturated carbocycles. The van der Waals surface area contributed by atoms with Crippen LogP contribution in [0.1, 0.15) is 48.0 Å². The van der Waals surface area contributed by atoms with Crippen LogP contribution in [-0.2, 0) is 13.0 Å². The van der Waals surface area contributed by atoms with E-state index in [1.807, 2.05) is 74.5 Å². The van der Waals surface area contributed by atoms with E-state index >= 15 is 0 Å². The van der Waals surface area contributed by atoms with Crippen molar-refractivity contribution < 1.29 is 14.1 Å². The minimum absolute atomic E-state index is 0.165. The van der Waals surface area contributed by atoms with Crippen LogP contribution in [0.2, 0.25) is 0 Å². The van der Waals surface area contributed by atoms with Crippen molar-refractivity contribution in [3.05, 3.63) is 107 Å². The van der Waals surface area contributed by atoms with Gasteiger partial charge in [0.25, 0.3) is 5.89 Å². The number of nitrogens with one attached hydrogen (secondary N) is 1. The van der Waals surface area contributed by atoms with Crippen LogP contribution in [0, 0.1) is 6.92 Å². The van der Waals surface area contributed by atoms with Gasteiger partial charge in [0.2, 0.25) is 5.82 Å². The maximum absolute atomic E-state index is 13.3. The van der Waals surface area contributed by atoms with Crippen LogP contribution in [0.25, 0.3) is 17.0 Å². The number of urea groups is 1. The summed E-state index contributed by atoms with van der Waals surface area (Å²) in [6, 6.07) is 23.4. The SMILES string of the molecule is CCc1ccc(C2NC(=O)N(Cc3ccc(C)cc3)C(C)=C2c2nc(-c3ccc(OC)cc3)no2)cc1. The van der Waals surface area contributed by atoms with Gasteiger partial charge in [0.05, 0.1) is 25.3 Å². The molecule has 188 valence electrons. The van der Waals surface area contributed by atoms with Crippen molar-refractivity contribution in [2.24, 2.45) is 0 Å². The average Bonchev–Trinajstić information content (AvgIpc) is 3.41. The summed E-state index contributed by atoms with van der Waals surface area (Å²) in [5, 5.41) is 7.43. The number of nitrogens with zero attached hydrogens (tertiary/aromatic N) is 3. The van der Waals surface area contributed by atoms with Crippen molar-refractivity contribution in [2.45, 2.75) is 39.8 Å². The van der Waals surface area contributed by atoms with Crippen molar-refractivity contribution in [2.75, 3.05) is 7.11 Å². The third-order valence-electron chi connectivity index (χ3n) is 6.78. The molecule has 1 aliphatic heterocycles. The predicted octanol–water partition coefficient (Wildman–Crippen LogP) is 6.31. The molecule has 1 N–H and O–H groups in total. The Morgan fingerprint density at radius 3 is 2.27 bits per heavy atom. The second-order valence-corrected chi connectivity index (χ2v) is 9.20. The fraction of sp³-hybridized carbons (Fsp3) is 0.233. The first-order valence-electron chi connectivity index (χ1n) is 12.4. The molecule has 5 rings (SSSR count). The molecule has 0 bridgehead atoms. The monoisotopic (exact) mass is 494 g/mol. The maximum atomic E-state index is 13.3. The molecule has 0 saturated heterocycles. The highest BCUT2D eigenvalue weighted by Gasteiger charge is 2.35. The topological polar surface area (TPSA) is 80.5 Å². The summed E-state index contributed by atoms with van der Waals surface area (Å²) in [7, 11) is 1.63. The molecule has 2 heterocycles. The number of methoxy groups -OCH3 is 1. The standard InChI is InChI=1S/C30H30N4O3/c1-5-21-10-12-23(13-11-21)27-26(29-32-28(33-37-29)24-14-16-25(36-4)17-15-24)20(3)34(30(35)31-27)18-22-8-6-19(2)7-9-22/h6-17,27H,5,18H2,1-4H3,(H,31,35). The quantitative estimate of drug-likeness (QED) is 0.325. The van der Waals surface area contributed by atoms with Crippen LogP contribution in [-0.4, -0.2) is 28.2 Å². The molecule has 1 atom stereocenters. The van der Waals surface area contributed by atoms with Gasteiger partial charge in [-0.1, -0.05) is 66.2 Å². The van der Waals surface area contributed by atoms with E-state index in [1.165, 1.54) is 11.1 Å². The van der Waals surface area contributed by atoms with Gasteiger partial charge in [-0.2, -0.15) is 4.98 Å². The molecular formula is C30H30N4O3. The highest BCUT2D eigenvalue weighted by Crippen LogP contribution is 2.38. The Labute approximate surface area is 216 Å². The summed E-state index contributed by atoms with van der Waals surface area (Å²) in [6.45, 7) is 6.54. The number of amides is 2. The maximum Gasteiger partial charge on any atom is 0.322 e. The fourth-order valence-electron chi connectivity index (χ4n) is 4.51. The van der Waals surface area contributed by atoms with Gasteiger partial charge in [-0.25, -0.2) is 4.79 Å².